The number of hydrogen-bond acceptors (Lipinski definition) is 7. The average molecular weight is 305 g/mol. The van der Waals surface area contributed by atoms with Crippen molar-refractivity contribution in [1.82, 2.24) is 9.97 Å². The summed E-state index contributed by atoms with van der Waals surface area (Å²) in [5, 5.41) is 4.64. The fraction of sp³-hybridized carbons (Fsp3) is 0.571. The maximum Gasteiger partial charge on any atom is 0.240 e. The van der Waals surface area contributed by atoms with Crippen molar-refractivity contribution in [2.24, 2.45) is 5.84 Å². The molecule has 112 valence electrons. The zero-order valence-corrected chi connectivity index (χ0v) is 12.7. The van der Waals surface area contributed by atoms with Crippen molar-refractivity contribution in [3.05, 3.63) is 10.9 Å². The average Bonchev–Trinajstić information content (AvgIpc) is 3.20. The van der Waals surface area contributed by atoms with Gasteiger partial charge in [-0.05, 0) is 31.7 Å². The Bertz CT molecular complexity index is 673. The highest BCUT2D eigenvalue weighted by atomic mass is 32.1. The Kier molecular flexibility index (Phi) is 3.20. The van der Waals surface area contributed by atoms with Gasteiger partial charge in [-0.15, -0.1) is 11.3 Å². The minimum absolute atomic E-state index is 0.318. The number of thiophene rings is 1. The summed E-state index contributed by atoms with van der Waals surface area (Å²) in [7, 11) is 0. The molecule has 0 saturated carbocycles. The van der Waals surface area contributed by atoms with E-state index in [9.17, 15) is 0 Å². The number of ether oxygens (including phenoxy) is 1. The molecular weight excluding hydrogens is 286 g/mol. The number of nitrogens with two attached hydrogens (primary N) is 1. The minimum Gasteiger partial charge on any atom is -0.373 e. The van der Waals surface area contributed by atoms with Gasteiger partial charge in [-0.2, -0.15) is 4.98 Å². The lowest BCUT2D eigenvalue weighted by Gasteiger charge is -2.21. The van der Waals surface area contributed by atoms with E-state index in [0.717, 1.165) is 35.3 Å². The molecule has 0 radical (unpaired) electrons. The fourth-order valence-electron chi connectivity index (χ4n) is 3.29. The van der Waals surface area contributed by atoms with E-state index in [0.29, 0.717) is 24.2 Å². The Morgan fingerprint density at radius 3 is 3.00 bits per heavy atom. The quantitative estimate of drug-likeness (QED) is 0.593. The molecule has 21 heavy (non-hydrogen) atoms. The second kappa shape index (κ2) is 5.08. The van der Waals surface area contributed by atoms with Crippen LogP contribution in [0.25, 0.3) is 10.2 Å². The number of aromatic nitrogens is 2. The van der Waals surface area contributed by atoms with E-state index in [4.69, 9.17) is 10.6 Å². The lowest BCUT2D eigenvalue weighted by Crippen LogP contribution is -2.31. The number of rotatable bonds is 4. The molecule has 4 rings (SSSR count). The zero-order chi connectivity index (χ0) is 14.4. The number of hydrogen-bond donors (Lipinski definition) is 3. The number of anilines is 2. The molecule has 3 unspecified atom stereocenters. The first-order valence-electron chi connectivity index (χ1n) is 7.46. The van der Waals surface area contributed by atoms with Crippen molar-refractivity contribution < 1.29 is 4.74 Å². The Balaban J connectivity index is 1.70. The van der Waals surface area contributed by atoms with Gasteiger partial charge in [0.15, 0.2) is 0 Å². The summed E-state index contributed by atoms with van der Waals surface area (Å²) in [4.78, 5) is 11.2. The first-order chi connectivity index (χ1) is 10.3. The molecule has 0 amide bonds. The number of nitrogen functional groups attached to an aromatic ring is 1. The number of aryl methyl sites for hydroxylation is 1. The van der Waals surface area contributed by atoms with Crippen LogP contribution < -0.4 is 16.6 Å². The summed E-state index contributed by atoms with van der Waals surface area (Å²) >= 11 is 1.70. The van der Waals surface area contributed by atoms with Crippen LogP contribution in [0.2, 0.25) is 0 Å². The van der Waals surface area contributed by atoms with Gasteiger partial charge in [-0.1, -0.05) is 6.92 Å². The molecule has 2 aromatic rings. The van der Waals surface area contributed by atoms with Crippen LogP contribution in [0.5, 0.6) is 0 Å². The standard InChI is InChI=1S/C14H19N5OS/c1-2-8-6-9-12(17-14(19-15)18-13(9)21-8)16-10-5-7-3-4-11(10)20-7/h6-7,10-11H,2-5,15H2,1H3,(H2,16,17,18,19). The largest absolute Gasteiger partial charge is 0.373 e. The molecule has 0 aliphatic carbocycles. The smallest absolute Gasteiger partial charge is 0.240 e. The Labute approximate surface area is 127 Å². The van der Waals surface area contributed by atoms with Gasteiger partial charge < -0.3 is 10.1 Å². The Hall–Kier alpha value is -1.44. The molecule has 7 heteroatoms. The minimum atomic E-state index is 0.318. The SMILES string of the molecule is CCc1cc2c(NC3CC4CCC3O4)nc(NN)nc2s1. The number of nitrogens with zero attached hydrogens (tertiary/aromatic N) is 2. The summed E-state index contributed by atoms with van der Waals surface area (Å²) < 4.78 is 5.91. The molecule has 2 bridgehead atoms. The highest BCUT2D eigenvalue weighted by Gasteiger charge is 2.41. The lowest BCUT2D eigenvalue weighted by atomic mass is 9.95. The van der Waals surface area contributed by atoms with Crippen molar-refractivity contribution in [2.45, 2.75) is 50.9 Å². The molecule has 3 atom stereocenters. The molecule has 2 fully saturated rings. The number of hydrazine groups is 1. The molecule has 6 nitrogen and oxygen atoms in total. The summed E-state index contributed by atoms with van der Waals surface area (Å²) in [6.07, 6.45) is 5.14. The topological polar surface area (TPSA) is 85.1 Å². The lowest BCUT2D eigenvalue weighted by molar-refractivity contribution is 0.102. The predicted molar refractivity (Wildman–Crippen MR) is 84.5 cm³/mol. The van der Waals surface area contributed by atoms with Crippen molar-refractivity contribution in [1.29, 1.82) is 0 Å². The molecule has 2 saturated heterocycles. The van der Waals surface area contributed by atoms with Crippen LogP contribution in [-0.2, 0) is 11.2 Å². The van der Waals surface area contributed by atoms with Crippen molar-refractivity contribution >= 4 is 33.3 Å². The van der Waals surface area contributed by atoms with Gasteiger partial charge in [0.25, 0.3) is 0 Å². The molecule has 4 heterocycles. The highest BCUT2D eigenvalue weighted by Crippen LogP contribution is 2.37. The van der Waals surface area contributed by atoms with Crippen molar-refractivity contribution in [2.75, 3.05) is 10.7 Å². The summed E-state index contributed by atoms with van der Waals surface area (Å²) in [5.74, 6) is 6.82. The van der Waals surface area contributed by atoms with Crippen LogP contribution in [0.15, 0.2) is 6.07 Å². The molecule has 2 aliphatic heterocycles. The van der Waals surface area contributed by atoms with E-state index >= 15 is 0 Å². The maximum atomic E-state index is 5.91. The van der Waals surface area contributed by atoms with Crippen molar-refractivity contribution in [3.8, 4) is 0 Å². The van der Waals surface area contributed by atoms with Gasteiger partial charge in [0, 0.05) is 4.88 Å². The van der Waals surface area contributed by atoms with Gasteiger partial charge in [-0.3, -0.25) is 5.43 Å². The van der Waals surface area contributed by atoms with Crippen molar-refractivity contribution in [3.63, 3.8) is 0 Å². The molecule has 0 spiro atoms. The van der Waals surface area contributed by atoms with E-state index in [1.807, 2.05) is 0 Å². The van der Waals surface area contributed by atoms with E-state index < -0.39 is 0 Å². The van der Waals surface area contributed by atoms with Gasteiger partial charge in [-0.25, -0.2) is 10.8 Å². The molecule has 4 N–H and O–H groups in total. The van der Waals surface area contributed by atoms with E-state index in [-0.39, 0.29) is 0 Å². The van der Waals surface area contributed by atoms with E-state index in [1.54, 1.807) is 11.3 Å². The van der Waals surface area contributed by atoms with Gasteiger partial charge in [0.05, 0.1) is 23.6 Å². The third kappa shape index (κ3) is 2.25. The first-order valence-corrected chi connectivity index (χ1v) is 8.27. The molecule has 0 aromatic carbocycles. The second-order valence-corrected chi connectivity index (χ2v) is 6.80. The number of nitrogens with one attached hydrogen (secondary N) is 2. The fourth-order valence-corrected chi connectivity index (χ4v) is 4.25. The highest BCUT2D eigenvalue weighted by molar-refractivity contribution is 7.18. The molecule has 2 aliphatic rings. The van der Waals surface area contributed by atoms with Crippen LogP contribution >= 0.6 is 11.3 Å². The predicted octanol–water partition coefficient (Wildman–Crippen LogP) is 2.27. The summed E-state index contributed by atoms with van der Waals surface area (Å²) in [6.45, 7) is 2.15. The first kappa shape index (κ1) is 13.2. The zero-order valence-electron chi connectivity index (χ0n) is 11.9. The third-order valence-electron chi connectivity index (χ3n) is 4.35. The monoisotopic (exact) mass is 305 g/mol. The van der Waals surface area contributed by atoms with Crippen LogP contribution in [-0.4, -0.2) is 28.2 Å². The van der Waals surface area contributed by atoms with Crippen LogP contribution in [0.4, 0.5) is 11.8 Å². The van der Waals surface area contributed by atoms with Gasteiger partial charge in [0.2, 0.25) is 5.95 Å². The van der Waals surface area contributed by atoms with E-state index in [1.165, 1.54) is 11.3 Å². The van der Waals surface area contributed by atoms with E-state index in [2.05, 4.69) is 33.7 Å². The second-order valence-electron chi connectivity index (χ2n) is 5.69. The maximum absolute atomic E-state index is 5.91. The third-order valence-corrected chi connectivity index (χ3v) is 5.52. The Morgan fingerprint density at radius 1 is 1.43 bits per heavy atom. The van der Waals surface area contributed by atoms with Crippen LogP contribution in [0, 0.1) is 0 Å². The Morgan fingerprint density at radius 2 is 2.33 bits per heavy atom. The number of fused-ring (bicyclic) bond motifs is 3. The summed E-state index contributed by atoms with van der Waals surface area (Å²) in [6, 6.07) is 2.52. The van der Waals surface area contributed by atoms with Crippen LogP contribution in [0.3, 0.4) is 0 Å². The molecular formula is C14H19N5OS. The molecule has 2 aromatic heterocycles. The normalized spacial score (nSPS) is 27.4. The summed E-state index contributed by atoms with van der Waals surface area (Å²) in [5.41, 5.74) is 2.56. The van der Waals surface area contributed by atoms with Crippen LogP contribution in [0.1, 0.15) is 31.1 Å². The van der Waals surface area contributed by atoms with Gasteiger partial charge >= 0.3 is 0 Å². The van der Waals surface area contributed by atoms with Gasteiger partial charge in [0.1, 0.15) is 10.6 Å².